The van der Waals surface area contributed by atoms with Crippen LogP contribution >= 0.6 is 11.8 Å². The van der Waals surface area contributed by atoms with E-state index in [0.717, 1.165) is 17.1 Å². The molecule has 16 heavy (non-hydrogen) atoms. The molecule has 1 aromatic carbocycles. The quantitative estimate of drug-likeness (QED) is 0.272. The molecular weight excluding hydrogens is 224 g/mol. The Labute approximate surface area is 99.4 Å². The Bertz CT molecular complexity index is 369. The fraction of sp³-hybridized carbons (Fsp3) is 0.455. The molecule has 5 heteroatoms. The molecule has 0 aliphatic rings. The summed E-state index contributed by atoms with van der Waals surface area (Å²) in [4.78, 5) is 11.1. The summed E-state index contributed by atoms with van der Waals surface area (Å²) in [6, 6.07) is 4.74. The zero-order valence-electron chi connectivity index (χ0n) is 9.31. The zero-order valence-corrected chi connectivity index (χ0v) is 10.1. The number of hydrogen-bond acceptors (Lipinski definition) is 4. The average molecular weight is 240 g/mol. The molecular formula is C11H16N2O2S. The van der Waals surface area contributed by atoms with Crippen molar-refractivity contribution in [3.63, 3.8) is 0 Å². The molecule has 0 saturated carbocycles. The highest BCUT2D eigenvalue weighted by Gasteiger charge is 2.08. The van der Waals surface area contributed by atoms with Gasteiger partial charge in [0.1, 0.15) is 0 Å². The van der Waals surface area contributed by atoms with Crippen LogP contribution in [0.15, 0.2) is 23.1 Å². The number of thioether (sulfide) groups is 1. The Hall–Kier alpha value is -1.23. The van der Waals surface area contributed by atoms with E-state index in [9.17, 15) is 10.1 Å². The van der Waals surface area contributed by atoms with Crippen LogP contribution in [-0.4, -0.2) is 10.7 Å². The first-order chi connectivity index (χ1) is 7.63. The lowest BCUT2D eigenvalue weighted by Gasteiger charge is -2.02. The number of rotatable bonds is 6. The molecule has 0 aliphatic heterocycles. The highest BCUT2D eigenvalue weighted by molar-refractivity contribution is 7.99. The molecule has 0 amide bonds. The minimum absolute atomic E-state index is 0.0676. The van der Waals surface area contributed by atoms with Gasteiger partial charge in [-0.05, 0) is 18.2 Å². The maximum absolute atomic E-state index is 10.6. The minimum Gasteiger partial charge on any atom is -0.398 e. The summed E-state index contributed by atoms with van der Waals surface area (Å²) in [6.07, 6.45) is 3.50. The maximum Gasteiger partial charge on any atom is 0.272 e. The molecule has 4 nitrogen and oxygen atoms in total. The summed E-state index contributed by atoms with van der Waals surface area (Å²) in [5.41, 5.74) is 6.13. The van der Waals surface area contributed by atoms with Gasteiger partial charge in [-0.2, -0.15) is 0 Å². The number of nitro groups is 1. The van der Waals surface area contributed by atoms with Crippen molar-refractivity contribution in [3.05, 3.63) is 28.3 Å². The van der Waals surface area contributed by atoms with Crippen LogP contribution in [0.1, 0.15) is 26.2 Å². The monoisotopic (exact) mass is 240 g/mol. The van der Waals surface area contributed by atoms with Crippen molar-refractivity contribution >= 4 is 23.1 Å². The minimum atomic E-state index is -0.410. The van der Waals surface area contributed by atoms with E-state index in [4.69, 9.17) is 5.73 Å². The third kappa shape index (κ3) is 4.10. The van der Waals surface area contributed by atoms with Crippen LogP contribution in [0.4, 0.5) is 11.4 Å². The molecule has 1 rings (SSSR count). The van der Waals surface area contributed by atoms with Crippen molar-refractivity contribution in [1.29, 1.82) is 0 Å². The van der Waals surface area contributed by atoms with E-state index in [1.165, 1.54) is 18.9 Å². The Morgan fingerprint density at radius 2 is 2.12 bits per heavy atom. The summed E-state index contributed by atoms with van der Waals surface area (Å²) in [5, 5.41) is 10.6. The molecule has 0 aliphatic carbocycles. The number of benzene rings is 1. The van der Waals surface area contributed by atoms with Crippen LogP contribution in [-0.2, 0) is 0 Å². The van der Waals surface area contributed by atoms with E-state index in [0.29, 0.717) is 5.69 Å². The van der Waals surface area contributed by atoms with Gasteiger partial charge >= 0.3 is 0 Å². The average Bonchev–Trinajstić information content (AvgIpc) is 2.23. The second-order valence-corrected chi connectivity index (χ2v) is 4.74. The molecule has 0 bridgehead atoms. The molecule has 0 fully saturated rings. The predicted molar refractivity (Wildman–Crippen MR) is 67.8 cm³/mol. The highest BCUT2D eigenvalue weighted by Crippen LogP contribution is 2.27. The summed E-state index contributed by atoms with van der Waals surface area (Å²) in [6.45, 7) is 2.15. The maximum atomic E-state index is 10.6. The van der Waals surface area contributed by atoms with Crippen molar-refractivity contribution in [3.8, 4) is 0 Å². The van der Waals surface area contributed by atoms with E-state index in [-0.39, 0.29) is 5.69 Å². The molecule has 0 saturated heterocycles. The van der Waals surface area contributed by atoms with E-state index < -0.39 is 4.92 Å². The lowest BCUT2D eigenvalue weighted by molar-refractivity contribution is -0.385. The van der Waals surface area contributed by atoms with Gasteiger partial charge < -0.3 is 5.73 Å². The van der Waals surface area contributed by atoms with E-state index in [1.807, 2.05) is 0 Å². The van der Waals surface area contributed by atoms with Gasteiger partial charge in [-0.3, -0.25) is 10.1 Å². The van der Waals surface area contributed by atoms with Gasteiger partial charge in [-0.1, -0.05) is 19.8 Å². The lowest BCUT2D eigenvalue weighted by atomic mass is 10.3. The van der Waals surface area contributed by atoms with Crippen LogP contribution in [0.25, 0.3) is 0 Å². The fourth-order valence-electron chi connectivity index (χ4n) is 1.34. The Kier molecular flexibility index (Phi) is 5.11. The number of nitrogens with zero attached hydrogens (tertiary/aromatic N) is 1. The Morgan fingerprint density at radius 1 is 1.38 bits per heavy atom. The Balaban J connectivity index is 2.62. The van der Waals surface area contributed by atoms with Crippen molar-refractivity contribution in [2.75, 3.05) is 11.5 Å². The molecule has 1 aromatic rings. The van der Waals surface area contributed by atoms with Gasteiger partial charge in [-0.15, -0.1) is 11.8 Å². The number of unbranched alkanes of at least 4 members (excludes halogenated alkanes) is 2. The third-order valence-corrected chi connectivity index (χ3v) is 3.20. The van der Waals surface area contributed by atoms with Crippen molar-refractivity contribution in [1.82, 2.24) is 0 Å². The van der Waals surface area contributed by atoms with Crippen LogP contribution in [0.3, 0.4) is 0 Å². The van der Waals surface area contributed by atoms with Crippen LogP contribution in [0.2, 0.25) is 0 Å². The Morgan fingerprint density at radius 3 is 2.75 bits per heavy atom. The molecule has 2 N–H and O–H groups in total. The predicted octanol–water partition coefficient (Wildman–Crippen LogP) is 3.46. The normalized spacial score (nSPS) is 10.3. The molecule has 0 heterocycles. The summed E-state index contributed by atoms with van der Waals surface area (Å²) in [5.74, 6) is 0.981. The van der Waals surface area contributed by atoms with Crippen molar-refractivity contribution in [2.24, 2.45) is 0 Å². The lowest BCUT2D eigenvalue weighted by Crippen LogP contribution is -1.92. The second kappa shape index (κ2) is 6.37. The topological polar surface area (TPSA) is 69.2 Å². The molecule has 0 radical (unpaired) electrons. The SMILES string of the molecule is CCCCCSc1cc(N)cc([N+](=O)[O-])c1. The van der Waals surface area contributed by atoms with Gasteiger partial charge in [0.25, 0.3) is 5.69 Å². The summed E-state index contributed by atoms with van der Waals surface area (Å²) in [7, 11) is 0. The van der Waals surface area contributed by atoms with E-state index in [1.54, 1.807) is 23.9 Å². The van der Waals surface area contributed by atoms with E-state index in [2.05, 4.69) is 6.92 Å². The smallest absolute Gasteiger partial charge is 0.272 e. The first-order valence-electron chi connectivity index (χ1n) is 5.31. The first kappa shape index (κ1) is 12.8. The number of non-ortho nitro benzene ring substituents is 1. The standard InChI is InChI=1S/C11H16N2O2S/c1-2-3-4-5-16-11-7-9(12)6-10(8-11)13(14)15/h6-8H,2-5,12H2,1H3. The van der Waals surface area contributed by atoms with Gasteiger partial charge in [0, 0.05) is 22.7 Å². The van der Waals surface area contributed by atoms with Crippen LogP contribution < -0.4 is 5.73 Å². The molecule has 88 valence electrons. The number of anilines is 1. The molecule has 0 unspecified atom stereocenters. The first-order valence-corrected chi connectivity index (χ1v) is 6.29. The second-order valence-electron chi connectivity index (χ2n) is 3.57. The van der Waals surface area contributed by atoms with Crippen LogP contribution in [0.5, 0.6) is 0 Å². The van der Waals surface area contributed by atoms with E-state index >= 15 is 0 Å². The largest absolute Gasteiger partial charge is 0.398 e. The molecule has 0 aromatic heterocycles. The van der Waals surface area contributed by atoms with Crippen molar-refractivity contribution in [2.45, 2.75) is 31.1 Å². The number of hydrogen-bond donors (Lipinski definition) is 1. The van der Waals surface area contributed by atoms with Crippen molar-refractivity contribution < 1.29 is 4.92 Å². The highest BCUT2D eigenvalue weighted by atomic mass is 32.2. The number of nitrogens with two attached hydrogens (primary N) is 1. The van der Waals surface area contributed by atoms with Gasteiger partial charge in [-0.25, -0.2) is 0 Å². The summed E-state index contributed by atoms with van der Waals surface area (Å²) < 4.78 is 0. The van der Waals surface area contributed by atoms with Gasteiger partial charge in [0.2, 0.25) is 0 Å². The molecule has 0 atom stereocenters. The van der Waals surface area contributed by atoms with Gasteiger partial charge in [0.05, 0.1) is 4.92 Å². The van der Waals surface area contributed by atoms with Gasteiger partial charge in [0.15, 0.2) is 0 Å². The summed E-state index contributed by atoms with van der Waals surface area (Å²) >= 11 is 1.62. The zero-order chi connectivity index (χ0) is 12.0. The number of nitrogen functional groups attached to an aromatic ring is 1. The van der Waals surface area contributed by atoms with Crippen LogP contribution in [0, 0.1) is 10.1 Å². The number of nitro benzene ring substituents is 1. The fourth-order valence-corrected chi connectivity index (χ4v) is 2.34. The third-order valence-electron chi connectivity index (χ3n) is 2.14. The molecule has 0 spiro atoms.